The molecule has 5 heavy (non-hydrogen) atoms. The van der Waals surface area contributed by atoms with Crippen LogP contribution in [0.15, 0.2) is 0 Å². The second-order valence-corrected chi connectivity index (χ2v) is 1.73. The van der Waals surface area contributed by atoms with Crippen molar-refractivity contribution >= 4 is 12.4 Å². The first-order chi connectivity index (χ1) is 1.73. The minimum absolute atomic E-state index is 0. The molecule has 0 N–H and O–H groups in total. The highest BCUT2D eigenvalue weighted by atomic mass is 35.5. The second-order valence-electron chi connectivity index (χ2n) is 1.73. The topological polar surface area (TPSA) is 0 Å². The van der Waals surface area contributed by atoms with Gasteiger partial charge in [-0.05, 0) is 5.92 Å². The average molecular weight is 94.6 g/mol. The number of halogens is 1. The molecule has 0 saturated carbocycles. The summed E-state index contributed by atoms with van der Waals surface area (Å²) in [5.74, 6) is 0.833. The monoisotopic (exact) mass is 94.1 g/mol. The molecule has 0 heterocycles. The van der Waals surface area contributed by atoms with Gasteiger partial charge in [0.2, 0.25) is 0 Å². The highest BCUT2D eigenvalue weighted by Gasteiger charge is 1.68. The van der Waals surface area contributed by atoms with E-state index in [0.29, 0.717) is 0 Å². The molecule has 0 aromatic carbocycles. The van der Waals surface area contributed by atoms with Gasteiger partial charge >= 0.3 is 0 Å². The normalized spacial score (nSPS) is 7.20. The lowest BCUT2D eigenvalue weighted by Gasteiger charge is -1.79. The Labute approximate surface area is 40.0 Å². The molecule has 0 aromatic rings. The van der Waals surface area contributed by atoms with Gasteiger partial charge in [0.15, 0.2) is 0 Å². The van der Waals surface area contributed by atoms with Crippen LogP contribution < -0.4 is 0 Å². The Morgan fingerprint density at radius 3 is 1.00 bits per heavy atom. The molecule has 0 rings (SSSR count). The van der Waals surface area contributed by atoms with Gasteiger partial charge in [0.05, 0.1) is 0 Å². The Hall–Kier alpha value is 0.290. The lowest BCUT2D eigenvalue weighted by Crippen LogP contribution is -1.66. The third-order valence-electron chi connectivity index (χ3n) is 0. The van der Waals surface area contributed by atoms with Crippen molar-refractivity contribution in [3.8, 4) is 0 Å². The van der Waals surface area contributed by atoms with E-state index >= 15 is 0 Å². The van der Waals surface area contributed by atoms with E-state index in [4.69, 9.17) is 0 Å². The van der Waals surface area contributed by atoms with Gasteiger partial charge in [-0.2, -0.15) is 0 Å². The van der Waals surface area contributed by atoms with Crippen LogP contribution in [-0.2, 0) is 0 Å². The van der Waals surface area contributed by atoms with Crippen LogP contribution in [0, 0.1) is 5.92 Å². The van der Waals surface area contributed by atoms with Crippen molar-refractivity contribution in [2.75, 3.05) is 0 Å². The molecule has 0 aliphatic heterocycles. The maximum atomic E-state index is 2.17. The highest BCUT2D eigenvalue weighted by Crippen LogP contribution is 1.81. The van der Waals surface area contributed by atoms with Crippen molar-refractivity contribution in [3.05, 3.63) is 0 Å². The van der Waals surface area contributed by atoms with Gasteiger partial charge in [0.1, 0.15) is 0 Å². The maximum absolute atomic E-state index is 2.17. The van der Waals surface area contributed by atoms with Crippen molar-refractivity contribution in [1.29, 1.82) is 0 Å². The van der Waals surface area contributed by atoms with Gasteiger partial charge in [-0.3, -0.25) is 0 Å². The van der Waals surface area contributed by atoms with Crippen LogP contribution in [0.4, 0.5) is 0 Å². The molecule has 0 aromatic heterocycles. The van der Waals surface area contributed by atoms with Crippen molar-refractivity contribution in [2.45, 2.75) is 20.8 Å². The van der Waals surface area contributed by atoms with E-state index in [1.807, 2.05) is 0 Å². The fourth-order valence-electron chi connectivity index (χ4n) is 0. The molecule has 0 fully saturated rings. The predicted octanol–water partition coefficient (Wildman–Crippen LogP) is 2.08. The second kappa shape index (κ2) is 4.29. The summed E-state index contributed by atoms with van der Waals surface area (Å²) in [6.45, 7) is 6.50. The molecule has 0 unspecified atom stereocenters. The third-order valence-corrected chi connectivity index (χ3v) is 0. The zero-order valence-electron chi connectivity index (χ0n) is 3.99. The number of hydrogen-bond donors (Lipinski definition) is 0. The van der Waals surface area contributed by atoms with E-state index in [-0.39, 0.29) is 12.4 Å². The van der Waals surface area contributed by atoms with Crippen LogP contribution in [0.2, 0.25) is 0 Å². The van der Waals surface area contributed by atoms with Crippen molar-refractivity contribution in [2.24, 2.45) is 5.92 Å². The largest absolute Gasteiger partial charge is 0.147 e. The van der Waals surface area contributed by atoms with Crippen molar-refractivity contribution in [3.63, 3.8) is 0 Å². The van der Waals surface area contributed by atoms with Crippen LogP contribution >= 0.6 is 12.4 Å². The summed E-state index contributed by atoms with van der Waals surface area (Å²) in [5, 5.41) is 0. The SMILES string of the molecule is CC(C)C.Cl. The van der Waals surface area contributed by atoms with Gasteiger partial charge in [-0.1, -0.05) is 20.8 Å². The Bertz CT molecular complexity index is 8.36. The molecule has 0 radical (unpaired) electrons. The van der Waals surface area contributed by atoms with Crippen LogP contribution in [0.1, 0.15) is 20.8 Å². The third kappa shape index (κ3) is 268. The first-order valence-electron chi connectivity index (χ1n) is 1.73. The lowest BCUT2D eigenvalue weighted by atomic mass is 10.3. The fraction of sp³-hybridized carbons (Fsp3) is 1.00. The van der Waals surface area contributed by atoms with Crippen molar-refractivity contribution < 1.29 is 0 Å². The van der Waals surface area contributed by atoms with Crippen LogP contribution in [0.5, 0.6) is 0 Å². The van der Waals surface area contributed by atoms with Crippen LogP contribution in [-0.4, -0.2) is 0 Å². The molecule has 0 aliphatic carbocycles. The van der Waals surface area contributed by atoms with E-state index in [1.165, 1.54) is 0 Å². The van der Waals surface area contributed by atoms with Crippen molar-refractivity contribution in [1.82, 2.24) is 0 Å². The molecule has 0 aliphatic rings. The standard InChI is InChI=1S/C4H10.ClH/c1-4(2)3;/h4H,1-3H3;1H. The highest BCUT2D eigenvalue weighted by molar-refractivity contribution is 5.85. The van der Waals surface area contributed by atoms with Crippen LogP contribution in [0.25, 0.3) is 0 Å². The first-order valence-corrected chi connectivity index (χ1v) is 1.73. The summed E-state index contributed by atoms with van der Waals surface area (Å²) < 4.78 is 0. The minimum Gasteiger partial charge on any atom is -0.147 e. The van der Waals surface area contributed by atoms with Gasteiger partial charge in [0, 0.05) is 0 Å². The molecule has 0 amide bonds. The molecule has 34 valence electrons. The maximum Gasteiger partial charge on any atom is -0.0500 e. The average Bonchev–Trinajstić information content (AvgIpc) is 0.811. The Morgan fingerprint density at radius 2 is 1.00 bits per heavy atom. The Kier molecular flexibility index (Phi) is 7.72. The zero-order valence-corrected chi connectivity index (χ0v) is 4.80. The molecule has 0 nitrogen and oxygen atoms in total. The summed E-state index contributed by atoms with van der Waals surface area (Å²) in [4.78, 5) is 0. The number of hydrogen-bond acceptors (Lipinski definition) is 0. The minimum atomic E-state index is 0. The molecule has 1 heteroatoms. The Balaban J connectivity index is 0. The molecule has 0 bridgehead atoms. The van der Waals surface area contributed by atoms with Gasteiger partial charge < -0.3 is 0 Å². The zero-order chi connectivity index (χ0) is 3.58. The molecular formula is C4H11Cl. The molecule has 0 saturated heterocycles. The van der Waals surface area contributed by atoms with E-state index in [0.717, 1.165) is 5.92 Å². The quantitative estimate of drug-likeness (QED) is 0.431. The smallest absolute Gasteiger partial charge is 0.0500 e. The van der Waals surface area contributed by atoms with E-state index in [9.17, 15) is 0 Å². The van der Waals surface area contributed by atoms with E-state index < -0.39 is 0 Å². The predicted molar refractivity (Wildman–Crippen MR) is 27.8 cm³/mol. The van der Waals surface area contributed by atoms with E-state index in [1.54, 1.807) is 0 Å². The summed E-state index contributed by atoms with van der Waals surface area (Å²) in [6.07, 6.45) is 0. The van der Waals surface area contributed by atoms with Gasteiger partial charge in [-0.25, -0.2) is 0 Å². The van der Waals surface area contributed by atoms with Gasteiger partial charge in [0.25, 0.3) is 0 Å². The molecular weight excluding hydrogens is 83.5 g/mol. The summed E-state index contributed by atoms with van der Waals surface area (Å²) in [5.41, 5.74) is 0. The lowest BCUT2D eigenvalue weighted by molar-refractivity contribution is 0.737. The number of rotatable bonds is 0. The van der Waals surface area contributed by atoms with Crippen LogP contribution in [0.3, 0.4) is 0 Å². The Morgan fingerprint density at radius 1 is 1.00 bits per heavy atom. The van der Waals surface area contributed by atoms with E-state index in [2.05, 4.69) is 20.8 Å². The first kappa shape index (κ1) is 8.99. The molecule has 0 atom stereocenters. The summed E-state index contributed by atoms with van der Waals surface area (Å²) >= 11 is 0. The summed E-state index contributed by atoms with van der Waals surface area (Å²) in [7, 11) is 0. The fourth-order valence-corrected chi connectivity index (χ4v) is 0. The van der Waals surface area contributed by atoms with Gasteiger partial charge in [-0.15, -0.1) is 12.4 Å². The molecule has 0 spiro atoms. The summed E-state index contributed by atoms with van der Waals surface area (Å²) in [6, 6.07) is 0.